The zero-order valence-corrected chi connectivity index (χ0v) is 37.7. The zero-order chi connectivity index (χ0) is 44.9. The maximum Gasteiger partial charge on any atom is 0.246 e. The topological polar surface area (TPSA) is 196 Å². The Morgan fingerprint density at radius 3 is 1.92 bits per heavy atom. The van der Waals surface area contributed by atoms with Gasteiger partial charge in [0, 0.05) is 41.7 Å². The van der Waals surface area contributed by atoms with E-state index in [1.54, 1.807) is 31.0 Å². The predicted molar refractivity (Wildman–Crippen MR) is 240 cm³/mol. The lowest BCUT2D eigenvalue weighted by molar-refractivity contribution is -0.133. The van der Waals surface area contributed by atoms with E-state index in [2.05, 4.69) is 28.1 Å². The molecule has 1 unspecified atom stereocenters. The highest BCUT2D eigenvalue weighted by molar-refractivity contribution is 7.98. The summed E-state index contributed by atoms with van der Waals surface area (Å²) >= 11 is 1.56. The molecule has 346 valence electrons. The monoisotopic (exact) mass is 896 g/mol. The highest BCUT2D eigenvalue weighted by atomic mass is 32.2. The minimum absolute atomic E-state index is 0.0775. The van der Waals surface area contributed by atoms with Crippen molar-refractivity contribution in [2.45, 2.75) is 51.0 Å². The molecule has 0 saturated heterocycles. The highest BCUT2D eigenvalue weighted by Gasteiger charge is 2.49. The van der Waals surface area contributed by atoms with E-state index in [0.29, 0.717) is 114 Å². The number of hydrogen-bond donors (Lipinski definition) is 4. The molecule has 2 heterocycles. The first-order chi connectivity index (χ1) is 30.7. The van der Waals surface area contributed by atoms with E-state index < -0.39 is 35.4 Å². The van der Waals surface area contributed by atoms with Crippen LogP contribution in [0.15, 0.2) is 60.7 Å². The Morgan fingerprint density at radius 1 is 0.714 bits per heavy atom. The molecule has 2 aliphatic heterocycles. The standard InChI is InChI=1S/C46H64N4O12S/c1-32(2)27-40(49-43(51)31-60-25-24-59-23-22-58-21-20-57-19-18-56-17-16-55-15-14-54-3)45(53)50-39(13-26-63-4)44(52)48-35-10-12-38-42(29-35)62-41-28-34(47)9-11-37(41)46(38)36-8-6-5-7-33(36)30-61-46/h5-12,28-29,32,39-40H,13-27,30-31,47H2,1-4H3,(H,48,52)(H,49,51)(H,50,53)/t39-,40-,46?/m0/s1. The highest BCUT2D eigenvalue weighted by Crippen LogP contribution is 2.56. The van der Waals surface area contributed by atoms with E-state index in [9.17, 15) is 14.4 Å². The fourth-order valence-corrected chi connectivity index (χ4v) is 7.68. The van der Waals surface area contributed by atoms with E-state index in [0.717, 1.165) is 22.3 Å². The van der Waals surface area contributed by atoms with Gasteiger partial charge in [0.25, 0.3) is 0 Å². The third-order valence-corrected chi connectivity index (χ3v) is 10.8. The van der Waals surface area contributed by atoms with Crippen LogP contribution in [0, 0.1) is 5.92 Å². The lowest BCUT2D eigenvalue weighted by Crippen LogP contribution is -2.53. The van der Waals surface area contributed by atoms with Gasteiger partial charge in [0.1, 0.15) is 30.2 Å². The Kier molecular flexibility index (Phi) is 20.9. The Labute approximate surface area is 374 Å². The molecule has 63 heavy (non-hydrogen) atoms. The molecule has 2 aliphatic rings. The third kappa shape index (κ3) is 14.9. The van der Waals surface area contributed by atoms with Crippen LogP contribution in [-0.4, -0.2) is 135 Å². The van der Waals surface area contributed by atoms with Crippen molar-refractivity contribution in [2.24, 2.45) is 5.92 Å². The molecule has 3 amide bonds. The molecule has 0 aliphatic carbocycles. The van der Waals surface area contributed by atoms with Crippen molar-refractivity contribution in [3.8, 4) is 11.5 Å². The number of methoxy groups -OCH3 is 1. The van der Waals surface area contributed by atoms with Crippen molar-refractivity contribution in [1.82, 2.24) is 10.6 Å². The van der Waals surface area contributed by atoms with Gasteiger partial charge in [-0.05, 0) is 66.2 Å². The number of amides is 3. The Morgan fingerprint density at radius 2 is 1.30 bits per heavy atom. The first kappa shape index (κ1) is 49.7. The smallest absolute Gasteiger partial charge is 0.246 e. The van der Waals surface area contributed by atoms with Gasteiger partial charge in [-0.25, -0.2) is 0 Å². The SMILES string of the molecule is COCCOCCOCCOCCOCCOCCOCC(=O)N[C@@H](CC(C)C)C(=O)N[C@@H](CCSC)C(=O)Nc1ccc2c(c1)Oc1cc(N)ccc1C21OCc2ccccc21. The maximum atomic E-state index is 13.9. The van der Waals surface area contributed by atoms with Crippen LogP contribution in [-0.2, 0) is 64.5 Å². The number of carbonyl (C=O) groups excluding carboxylic acids is 3. The summed E-state index contributed by atoms with van der Waals surface area (Å²) in [7, 11) is 1.63. The van der Waals surface area contributed by atoms with E-state index in [4.69, 9.17) is 48.4 Å². The number of fused-ring (bicyclic) bond motifs is 6. The molecule has 0 aromatic heterocycles. The number of ether oxygens (including phenoxy) is 9. The molecule has 3 aromatic carbocycles. The van der Waals surface area contributed by atoms with E-state index in [-0.39, 0.29) is 25.7 Å². The summed E-state index contributed by atoms with van der Waals surface area (Å²) in [6.07, 6.45) is 2.67. The van der Waals surface area contributed by atoms with Gasteiger partial charge in [-0.2, -0.15) is 11.8 Å². The molecule has 0 bridgehead atoms. The van der Waals surface area contributed by atoms with Crippen molar-refractivity contribution in [3.63, 3.8) is 0 Å². The second-order valence-electron chi connectivity index (χ2n) is 15.4. The number of thioether (sulfide) groups is 1. The third-order valence-electron chi connectivity index (χ3n) is 10.2. The molecule has 1 spiro atoms. The summed E-state index contributed by atoms with van der Waals surface area (Å²) < 4.78 is 50.7. The summed E-state index contributed by atoms with van der Waals surface area (Å²) in [4.78, 5) is 40.5. The molecular formula is C46H64N4O12S. The summed E-state index contributed by atoms with van der Waals surface area (Å²) in [6, 6.07) is 17.4. The van der Waals surface area contributed by atoms with Gasteiger partial charge < -0.3 is 64.3 Å². The lowest BCUT2D eigenvalue weighted by Gasteiger charge is -2.37. The fraction of sp³-hybridized carbons (Fsp3) is 0.543. The number of nitrogens with one attached hydrogen (secondary N) is 3. The number of carbonyl (C=O) groups is 3. The van der Waals surface area contributed by atoms with Crippen molar-refractivity contribution < 1.29 is 57.0 Å². The first-order valence-corrected chi connectivity index (χ1v) is 22.8. The van der Waals surface area contributed by atoms with E-state index in [1.807, 2.05) is 56.5 Å². The number of rotatable bonds is 30. The molecule has 0 fully saturated rings. The fourth-order valence-electron chi connectivity index (χ4n) is 7.20. The molecule has 3 atom stereocenters. The summed E-state index contributed by atoms with van der Waals surface area (Å²) in [5.74, 6) is 0.472. The second-order valence-corrected chi connectivity index (χ2v) is 16.4. The average molecular weight is 897 g/mol. The van der Waals surface area contributed by atoms with Crippen LogP contribution in [0.1, 0.15) is 48.9 Å². The number of anilines is 2. The molecule has 0 radical (unpaired) electrons. The number of nitrogens with two attached hydrogens (primary N) is 1. The van der Waals surface area contributed by atoms with Crippen molar-refractivity contribution in [2.75, 3.05) is 116 Å². The number of hydrogen-bond acceptors (Lipinski definition) is 14. The Balaban J connectivity index is 1.05. The van der Waals surface area contributed by atoms with Crippen LogP contribution >= 0.6 is 11.8 Å². The van der Waals surface area contributed by atoms with Gasteiger partial charge in [0.15, 0.2) is 5.60 Å². The number of nitrogen functional groups attached to an aromatic ring is 1. The molecule has 5 N–H and O–H groups in total. The minimum atomic E-state index is -0.913. The van der Waals surface area contributed by atoms with Crippen LogP contribution in [0.4, 0.5) is 11.4 Å². The van der Waals surface area contributed by atoms with Gasteiger partial charge in [-0.1, -0.05) is 38.1 Å². The Hall–Kier alpha value is -4.30. The summed E-state index contributed by atoms with van der Waals surface area (Å²) in [5.41, 5.74) is 10.0. The quantitative estimate of drug-likeness (QED) is 0.0533. The van der Waals surface area contributed by atoms with Gasteiger partial charge in [0.2, 0.25) is 17.7 Å². The van der Waals surface area contributed by atoms with Crippen LogP contribution in [0.25, 0.3) is 0 Å². The lowest BCUT2D eigenvalue weighted by atomic mass is 9.77. The van der Waals surface area contributed by atoms with Gasteiger partial charge in [-0.15, -0.1) is 0 Å². The van der Waals surface area contributed by atoms with E-state index >= 15 is 0 Å². The Bertz CT molecular complexity index is 1900. The summed E-state index contributed by atoms with van der Waals surface area (Å²) in [5, 5.41) is 8.69. The summed E-state index contributed by atoms with van der Waals surface area (Å²) in [6.45, 7) is 9.24. The molecule has 17 heteroatoms. The van der Waals surface area contributed by atoms with Crippen molar-refractivity contribution in [3.05, 3.63) is 82.9 Å². The van der Waals surface area contributed by atoms with Gasteiger partial charge in [0.05, 0.1) is 85.9 Å². The molecule has 0 saturated carbocycles. The molecule has 3 aromatic rings. The minimum Gasteiger partial charge on any atom is -0.456 e. The van der Waals surface area contributed by atoms with E-state index in [1.165, 1.54) is 0 Å². The van der Waals surface area contributed by atoms with Gasteiger partial charge >= 0.3 is 0 Å². The number of benzene rings is 3. The maximum absolute atomic E-state index is 13.9. The molecule has 5 rings (SSSR count). The molecular weight excluding hydrogens is 833 g/mol. The van der Waals surface area contributed by atoms with Crippen LogP contribution < -0.4 is 26.4 Å². The van der Waals surface area contributed by atoms with Crippen LogP contribution in [0.2, 0.25) is 0 Å². The van der Waals surface area contributed by atoms with Crippen LogP contribution in [0.3, 0.4) is 0 Å². The average Bonchev–Trinajstić information content (AvgIpc) is 3.64. The van der Waals surface area contributed by atoms with Gasteiger partial charge in [-0.3, -0.25) is 14.4 Å². The zero-order valence-electron chi connectivity index (χ0n) is 36.9. The second kappa shape index (κ2) is 26.5. The molecule has 16 nitrogen and oxygen atoms in total. The largest absolute Gasteiger partial charge is 0.456 e. The van der Waals surface area contributed by atoms with Crippen LogP contribution in [0.5, 0.6) is 11.5 Å². The first-order valence-electron chi connectivity index (χ1n) is 21.5. The predicted octanol–water partition coefficient (Wildman–Crippen LogP) is 4.65. The normalized spacial score (nSPS) is 15.9. The van der Waals surface area contributed by atoms with Crippen molar-refractivity contribution >= 4 is 40.9 Å². The van der Waals surface area contributed by atoms with Crippen molar-refractivity contribution in [1.29, 1.82) is 0 Å².